The number of hydrogen-bond acceptors (Lipinski definition) is 3. The molecule has 1 fully saturated rings. The normalized spacial score (nSPS) is 30.7. The standard InChI is InChI=1S/C10H18O3/c1-6(2)4-8(11)9-5-7(3)10(12)13-9/h6-9,11H,4-5H2,1-3H3/t7-,8-,9+/m1/s1. The second-order valence-electron chi connectivity index (χ2n) is 4.31. The third-order valence-corrected chi connectivity index (χ3v) is 2.40. The molecule has 1 saturated heterocycles. The van der Waals surface area contributed by atoms with Crippen molar-refractivity contribution in [2.45, 2.75) is 45.8 Å². The Bertz CT molecular complexity index is 189. The quantitative estimate of drug-likeness (QED) is 0.677. The molecule has 0 amide bonds. The van der Waals surface area contributed by atoms with E-state index < -0.39 is 6.10 Å². The molecule has 0 saturated carbocycles. The van der Waals surface area contributed by atoms with Gasteiger partial charge in [0.1, 0.15) is 6.10 Å². The molecule has 1 heterocycles. The van der Waals surface area contributed by atoms with Crippen molar-refractivity contribution in [3.8, 4) is 0 Å². The van der Waals surface area contributed by atoms with Crippen molar-refractivity contribution >= 4 is 5.97 Å². The molecule has 0 unspecified atom stereocenters. The number of cyclic esters (lactones) is 1. The Kier molecular flexibility index (Phi) is 3.31. The summed E-state index contributed by atoms with van der Waals surface area (Å²) in [6.07, 6.45) is 0.594. The van der Waals surface area contributed by atoms with E-state index in [0.29, 0.717) is 18.8 Å². The molecular weight excluding hydrogens is 168 g/mol. The second-order valence-corrected chi connectivity index (χ2v) is 4.31. The summed E-state index contributed by atoms with van der Waals surface area (Å²) in [5.41, 5.74) is 0. The van der Waals surface area contributed by atoms with Gasteiger partial charge in [0, 0.05) is 0 Å². The predicted molar refractivity (Wildman–Crippen MR) is 49.1 cm³/mol. The zero-order valence-corrected chi connectivity index (χ0v) is 8.49. The third kappa shape index (κ3) is 2.69. The van der Waals surface area contributed by atoms with Gasteiger partial charge in [-0.2, -0.15) is 0 Å². The second kappa shape index (κ2) is 4.09. The summed E-state index contributed by atoms with van der Waals surface area (Å²) < 4.78 is 5.05. The molecule has 0 aromatic heterocycles. The third-order valence-electron chi connectivity index (χ3n) is 2.40. The van der Waals surface area contributed by atoms with E-state index in [1.807, 2.05) is 20.8 Å². The van der Waals surface area contributed by atoms with Crippen LogP contribution in [0.3, 0.4) is 0 Å². The van der Waals surface area contributed by atoms with Gasteiger partial charge in [0.2, 0.25) is 0 Å². The molecule has 3 nitrogen and oxygen atoms in total. The Morgan fingerprint density at radius 2 is 2.23 bits per heavy atom. The fraction of sp³-hybridized carbons (Fsp3) is 0.900. The fourth-order valence-corrected chi connectivity index (χ4v) is 1.63. The average Bonchev–Trinajstić information content (AvgIpc) is 2.31. The van der Waals surface area contributed by atoms with Crippen molar-refractivity contribution in [1.82, 2.24) is 0 Å². The van der Waals surface area contributed by atoms with Gasteiger partial charge in [0.05, 0.1) is 12.0 Å². The molecule has 1 aliphatic rings. The first-order valence-corrected chi connectivity index (χ1v) is 4.89. The highest BCUT2D eigenvalue weighted by molar-refractivity contribution is 5.74. The van der Waals surface area contributed by atoms with Crippen molar-refractivity contribution in [1.29, 1.82) is 0 Å². The minimum Gasteiger partial charge on any atom is -0.459 e. The highest BCUT2D eigenvalue weighted by Crippen LogP contribution is 2.25. The number of rotatable bonds is 3. The Morgan fingerprint density at radius 3 is 2.62 bits per heavy atom. The highest BCUT2D eigenvalue weighted by Gasteiger charge is 2.35. The van der Waals surface area contributed by atoms with E-state index >= 15 is 0 Å². The van der Waals surface area contributed by atoms with Crippen LogP contribution in [0.5, 0.6) is 0 Å². The van der Waals surface area contributed by atoms with E-state index in [9.17, 15) is 9.90 Å². The van der Waals surface area contributed by atoms with Crippen molar-refractivity contribution in [3.05, 3.63) is 0 Å². The zero-order chi connectivity index (χ0) is 10.0. The van der Waals surface area contributed by atoms with Gasteiger partial charge >= 0.3 is 5.97 Å². The Balaban J connectivity index is 2.41. The SMILES string of the molecule is CC(C)C[C@@H](O)[C@@H]1C[C@@H](C)C(=O)O1. The van der Waals surface area contributed by atoms with Crippen LogP contribution in [-0.2, 0) is 9.53 Å². The largest absolute Gasteiger partial charge is 0.459 e. The lowest BCUT2D eigenvalue weighted by molar-refractivity contribution is -0.147. The summed E-state index contributed by atoms with van der Waals surface area (Å²) in [6, 6.07) is 0. The van der Waals surface area contributed by atoms with E-state index in [1.165, 1.54) is 0 Å². The lowest BCUT2D eigenvalue weighted by Gasteiger charge is -2.18. The van der Waals surface area contributed by atoms with Crippen LogP contribution < -0.4 is 0 Å². The Morgan fingerprint density at radius 1 is 1.62 bits per heavy atom. The first-order valence-electron chi connectivity index (χ1n) is 4.89. The van der Waals surface area contributed by atoms with Crippen molar-refractivity contribution < 1.29 is 14.6 Å². The van der Waals surface area contributed by atoms with Crippen molar-refractivity contribution in [2.75, 3.05) is 0 Å². The van der Waals surface area contributed by atoms with Crippen LogP contribution in [0.25, 0.3) is 0 Å². The maximum absolute atomic E-state index is 11.0. The van der Waals surface area contributed by atoms with E-state index in [2.05, 4.69) is 0 Å². The summed E-state index contributed by atoms with van der Waals surface area (Å²) in [5, 5.41) is 9.68. The van der Waals surface area contributed by atoms with E-state index in [0.717, 1.165) is 0 Å². The minimum atomic E-state index is -0.492. The number of carbonyl (C=O) groups excluding carboxylic acids is 1. The summed E-state index contributed by atoms with van der Waals surface area (Å²) in [6.45, 7) is 5.93. The molecule has 0 aliphatic carbocycles. The van der Waals surface area contributed by atoms with Crippen molar-refractivity contribution in [2.24, 2.45) is 11.8 Å². The molecule has 13 heavy (non-hydrogen) atoms. The molecule has 0 radical (unpaired) electrons. The average molecular weight is 186 g/mol. The van der Waals surface area contributed by atoms with Crippen LogP contribution in [0.15, 0.2) is 0 Å². The van der Waals surface area contributed by atoms with Crippen LogP contribution >= 0.6 is 0 Å². The number of carbonyl (C=O) groups is 1. The predicted octanol–water partition coefficient (Wildman–Crippen LogP) is 1.34. The summed E-state index contributed by atoms with van der Waals surface area (Å²) >= 11 is 0. The maximum Gasteiger partial charge on any atom is 0.309 e. The molecule has 0 aromatic rings. The zero-order valence-electron chi connectivity index (χ0n) is 8.49. The van der Waals surface area contributed by atoms with Gasteiger partial charge in [-0.3, -0.25) is 4.79 Å². The molecule has 76 valence electrons. The summed E-state index contributed by atoms with van der Waals surface area (Å²) in [4.78, 5) is 11.0. The lowest BCUT2D eigenvalue weighted by atomic mass is 9.97. The Labute approximate surface area is 79.1 Å². The van der Waals surface area contributed by atoms with Gasteiger partial charge in [-0.25, -0.2) is 0 Å². The molecule has 1 rings (SSSR count). The van der Waals surface area contributed by atoms with Gasteiger partial charge in [-0.15, -0.1) is 0 Å². The highest BCUT2D eigenvalue weighted by atomic mass is 16.6. The van der Waals surface area contributed by atoms with Crippen LogP contribution in [0.2, 0.25) is 0 Å². The fourth-order valence-electron chi connectivity index (χ4n) is 1.63. The van der Waals surface area contributed by atoms with Gasteiger partial charge in [0.15, 0.2) is 0 Å². The lowest BCUT2D eigenvalue weighted by Crippen LogP contribution is -2.27. The summed E-state index contributed by atoms with van der Waals surface area (Å²) in [5.74, 6) is 0.212. The minimum absolute atomic E-state index is 0.0492. The molecule has 3 heteroatoms. The number of aliphatic hydroxyl groups excluding tert-OH is 1. The number of aliphatic hydroxyl groups is 1. The van der Waals surface area contributed by atoms with Crippen LogP contribution in [0, 0.1) is 11.8 Å². The van der Waals surface area contributed by atoms with Crippen LogP contribution in [-0.4, -0.2) is 23.3 Å². The van der Waals surface area contributed by atoms with E-state index in [4.69, 9.17) is 4.74 Å². The van der Waals surface area contributed by atoms with E-state index in [-0.39, 0.29) is 18.0 Å². The molecule has 0 bridgehead atoms. The van der Waals surface area contributed by atoms with Gasteiger partial charge in [-0.05, 0) is 18.8 Å². The number of hydrogen-bond donors (Lipinski definition) is 1. The first kappa shape index (κ1) is 10.5. The van der Waals surface area contributed by atoms with Crippen LogP contribution in [0.4, 0.5) is 0 Å². The van der Waals surface area contributed by atoms with E-state index in [1.54, 1.807) is 0 Å². The van der Waals surface area contributed by atoms with Gasteiger partial charge in [-0.1, -0.05) is 20.8 Å². The smallest absolute Gasteiger partial charge is 0.309 e. The number of ether oxygens (including phenoxy) is 1. The first-order chi connectivity index (χ1) is 6.00. The van der Waals surface area contributed by atoms with Gasteiger partial charge in [0.25, 0.3) is 0 Å². The number of esters is 1. The Hall–Kier alpha value is -0.570. The molecule has 1 N–H and O–H groups in total. The topological polar surface area (TPSA) is 46.5 Å². The van der Waals surface area contributed by atoms with Crippen LogP contribution in [0.1, 0.15) is 33.6 Å². The molecule has 0 aromatic carbocycles. The maximum atomic E-state index is 11.0. The molecule has 0 spiro atoms. The van der Waals surface area contributed by atoms with Gasteiger partial charge < -0.3 is 9.84 Å². The summed E-state index contributed by atoms with van der Waals surface area (Å²) in [7, 11) is 0. The molecular formula is C10H18O3. The molecule has 1 aliphatic heterocycles. The monoisotopic (exact) mass is 186 g/mol. The molecule has 3 atom stereocenters. The van der Waals surface area contributed by atoms with Crippen molar-refractivity contribution in [3.63, 3.8) is 0 Å².